The monoisotopic (exact) mass is 329 g/mol. The third kappa shape index (κ3) is 4.79. The Morgan fingerprint density at radius 3 is 2.58 bits per heavy atom. The number of rotatable bonds is 8. The van der Waals surface area contributed by atoms with E-state index in [9.17, 15) is 0 Å². The quantitative estimate of drug-likeness (QED) is 0.792. The van der Waals surface area contributed by atoms with Gasteiger partial charge in [0.05, 0.1) is 13.2 Å². The van der Waals surface area contributed by atoms with E-state index in [1.54, 1.807) is 14.2 Å². The van der Waals surface area contributed by atoms with Crippen LogP contribution in [0.5, 0.6) is 5.75 Å². The third-order valence-corrected chi connectivity index (χ3v) is 3.87. The number of nitrogens with one attached hydrogen (secondary N) is 1. The van der Waals surface area contributed by atoms with E-state index in [1.807, 2.05) is 19.2 Å². The molecule has 0 aliphatic rings. The summed E-state index contributed by atoms with van der Waals surface area (Å²) < 4.78 is 12.1. The minimum atomic E-state index is 0.221. The Morgan fingerprint density at radius 2 is 2.05 bits per heavy atom. The number of halogens is 1. The summed E-state index contributed by atoms with van der Waals surface area (Å²) >= 11 is 3.51. The van der Waals surface area contributed by atoms with Gasteiger partial charge in [-0.1, -0.05) is 29.3 Å². The van der Waals surface area contributed by atoms with Gasteiger partial charge in [0.1, 0.15) is 5.75 Å². The van der Waals surface area contributed by atoms with Gasteiger partial charge in [-0.15, -0.1) is 0 Å². The summed E-state index contributed by atoms with van der Waals surface area (Å²) in [4.78, 5) is 0. The molecule has 0 radical (unpaired) electrons. The lowest BCUT2D eigenvalue weighted by Crippen LogP contribution is -2.40. The molecule has 1 aromatic carbocycles. The number of ether oxygens (including phenoxy) is 2. The molecule has 0 fully saturated rings. The normalized spacial score (nSPS) is 14.2. The fourth-order valence-corrected chi connectivity index (χ4v) is 2.74. The third-order valence-electron chi connectivity index (χ3n) is 3.38. The second kappa shape index (κ2) is 8.56. The van der Waals surface area contributed by atoms with Crippen molar-refractivity contribution in [3.63, 3.8) is 0 Å². The van der Waals surface area contributed by atoms with Gasteiger partial charge in [-0.2, -0.15) is 0 Å². The number of hydrogen-bond acceptors (Lipinski definition) is 3. The number of hydrogen-bond donors (Lipinski definition) is 1. The molecule has 0 aromatic heterocycles. The number of benzene rings is 1. The van der Waals surface area contributed by atoms with Crippen molar-refractivity contribution >= 4 is 15.9 Å². The summed E-state index contributed by atoms with van der Waals surface area (Å²) in [5.41, 5.74) is 1.19. The first-order valence-corrected chi connectivity index (χ1v) is 7.48. The first kappa shape index (κ1) is 16.5. The maximum atomic E-state index is 5.60. The highest BCUT2D eigenvalue weighted by Crippen LogP contribution is 2.25. The van der Waals surface area contributed by atoms with Crippen LogP contribution in [-0.2, 0) is 11.2 Å². The molecule has 0 saturated heterocycles. The van der Waals surface area contributed by atoms with Crippen molar-refractivity contribution in [1.82, 2.24) is 5.32 Å². The van der Waals surface area contributed by atoms with Crippen LogP contribution in [0.1, 0.15) is 25.3 Å². The van der Waals surface area contributed by atoms with E-state index in [-0.39, 0.29) is 12.1 Å². The van der Waals surface area contributed by atoms with Crippen molar-refractivity contribution in [2.45, 2.75) is 38.3 Å². The van der Waals surface area contributed by atoms with Crippen molar-refractivity contribution in [3.05, 3.63) is 28.2 Å². The van der Waals surface area contributed by atoms with Crippen LogP contribution in [0.4, 0.5) is 0 Å². The molecule has 19 heavy (non-hydrogen) atoms. The van der Waals surface area contributed by atoms with Gasteiger partial charge >= 0.3 is 0 Å². The summed E-state index contributed by atoms with van der Waals surface area (Å²) in [6, 6.07) is 6.39. The lowest BCUT2D eigenvalue weighted by atomic mass is 9.98. The Morgan fingerprint density at radius 1 is 1.32 bits per heavy atom. The molecule has 1 aromatic rings. The lowest BCUT2D eigenvalue weighted by Gasteiger charge is -2.26. The zero-order chi connectivity index (χ0) is 14.3. The second-order valence-electron chi connectivity index (χ2n) is 4.62. The number of likely N-dealkylation sites (N-methyl/N-ethyl adjacent to an activating group) is 1. The Hall–Kier alpha value is -0.580. The molecular formula is C15H24BrNO2. The van der Waals surface area contributed by atoms with Gasteiger partial charge in [0.15, 0.2) is 0 Å². The first-order chi connectivity index (χ1) is 9.15. The van der Waals surface area contributed by atoms with Gasteiger partial charge in [-0.25, -0.2) is 0 Å². The van der Waals surface area contributed by atoms with Crippen LogP contribution in [0.15, 0.2) is 22.7 Å². The summed E-state index contributed by atoms with van der Waals surface area (Å²) in [5.74, 6) is 0.926. The molecule has 2 unspecified atom stereocenters. The van der Waals surface area contributed by atoms with E-state index in [1.165, 1.54) is 5.56 Å². The predicted octanol–water partition coefficient (Wildman–Crippen LogP) is 3.40. The van der Waals surface area contributed by atoms with Crippen LogP contribution in [0.25, 0.3) is 0 Å². The Balaban J connectivity index is 2.87. The summed E-state index contributed by atoms with van der Waals surface area (Å²) in [6.45, 7) is 2.18. The van der Waals surface area contributed by atoms with E-state index < -0.39 is 0 Å². The molecular weight excluding hydrogens is 306 g/mol. The van der Waals surface area contributed by atoms with Crippen molar-refractivity contribution < 1.29 is 9.47 Å². The molecule has 0 amide bonds. The van der Waals surface area contributed by atoms with Gasteiger partial charge in [-0.3, -0.25) is 0 Å². The highest BCUT2D eigenvalue weighted by atomic mass is 79.9. The van der Waals surface area contributed by atoms with Gasteiger partial charge < -0.3 is 14.8 Å². The zero-order valence-corrected chi connectivity index (χ0v) is 13.8. The molecule has 1 N–H and O–H groups in total. The van der Waals surface area contributed by atoms with Crippen LogP contribution in [0.2, 0.25) is 0 Å². The molecule has 2 atom stereocenters. The number of methoxy groups -OCH3 is 2. The van der Waals surface area contributed by atoms with Gasteiger partial charge in [0, 0.05) is 17.6 Å². The van der Waals surface area contributed by atoms with Crippen LogP contribution >= 0.6 is 15.9 Å². The fraction of sp³-hybridized carbons (Fsp3) is 0.600. The Kier molecular flexibility index (Phi) is 7.42. The molecule has 1 rings (SSSR count). The smallest absolute Gasteiger partial charge is 0.122 e. The molecule has 4 heteroatoms. The van der Waals surface area contributed by atoms with Crippen LogP contribution < -0.4 is 10.1 Å². The largest absolute Gasteiger partial charge is 0.496 e. The van der Waals surface area contributed by atoms with Crippen LogP contribution in [0.3, 0.4) is 0 Å². The standard InChI is InChI=1S/C15H24BrNO2/c1-5-6-15(19-4)13(17-2)10-11-9-12(16)7-8-14(11)18-3/h7-9,13,15,17H,5-6,10H2,1-4H3. The maximum absolute atomic E-state index is 5.60. The Bertz CT molecular complexity index is 384. The average Bonchev–Trinajstić information content (AvgIpc) is 2.42. The molecule has 0 bridgehead atoms. The molecule has 0 aliphatic carbocycles. The lowest BCUT2D eigenvalue weighted by molar-refractivity contribution is 0.0631. The van der Waals surface area contributed by atoms with Crippen LogP contribution in [-0.4, -0.2) is 33.4 Å². The zero-order valence-electron chi connectivity index (χ0n) is 12.2. The van der Waals surface area contributed by atoms with E-state index in [0.717, 1.165) is 29.5 Å². The molecule has 0 aliphatic heterocycles. The summed E-state index contributed by atoms with van der Waals surface area (Å²) in [7, 11) is 5.47. The van der Waals surface area contributed by atoms with Gasteiger partial charge in [-0.05, 0) is 43.7 Å². The van der Waals surface area contributed by atoms with Gasteiger partial charge in [0.25, 0.3) is 0 Å². The summed E-state index contributed by atoms with van der Waals surface area (Å²) in [5, 5.41) is 3.36. The maximum Gasteiger partial charge on any atom is 0.122 e. The molecule has 0 saturated carbocycles. The molecule has 0 spiro atoms. The van der Waals surface area contributed by atoms with Crippen molar-refractivity contribution in [3.8, 4) is 5.75 Å². The highest BCUT2D eigenvalue weighted by molar-refractivity contribution is 9.10. The van der Waals surface area contributed by atoms with Crippen molar-refractivity contribution in [2.75, 3.05) is 21.3 Å². The molecule has 108 valence electrons. The Labute approximate surface area is 124 Å². The van der Waals surface area contributed by atoms with E-state index in [0.29, 0.717) is 0 Å². The van der Waals surface area contributed by atoms with Crippen molar-refractivity contribution in [1.29, 1.82) is 0 Å². The highest BCUT2D eigenvalue weighted by Gasteiger charge is 2.20. The minimum absolute atomic E-state index is 0.221. The molecule has 3 nitrogen and oxygen atoms in total. The second-order valence-corrected chi connectivity index (χ2v) is 5.53. The minimum Gasteiger partial charge on any atom is -0.496 e. The van der Waals surface area contributed by atoms with Gasteiger partial charge in [0.2, 0.25) is 0 Å². The predicted molar refractivity (Wildman–Crippen MR) is 83.0 cm³/mol. The van der Waals surface area contributed by atoms with E-state index in [2.05, 4.69) is 34.2 Å². The SMILES string of the molecule is CCCC(OC)C(Cc1cc(Br)ccc1OC)NC. The summed E-state index contributed by atoms with van der Waals surface area (Å²) in [6.07, 6.45) is 3.28. The first-order valence-electron chi connectivity index (χ1n) is 6.68. The molecule has 0 heterocycles. The fourth-order valence-electron chi connectivity index (χ4n) is 2.33. The van der Waals surface area contributed by atoms with E-state index >= 15 is 0 Å². The van der Waals surface area contributed by atoms with E-state index in [4.69, 9.17) is 9.47 Å². The average molecular weight is 330 g/mol. The topological polar surface area (TPSA) is 30.5 Å². The van der Waals surface area contributed by atoms with Crippen molar-refractivity contribution in [2.24, 2.45) is 0 Å². The van der Waals surface area contributed by atoms with Crippen LogP contribution in [0, 0.1) is 0 Å².